The summed E-state index contributed by atoms with van der Waals surface area (Å²) in [6.45, 7) is 6.71. The lowest BCUT2D eigenvalue weighted by Crippen LogP contribution is -2.37. The zero-order chi connectivity index (χ0) is 18.6. The zero-order valence-corrected chi connectivity index (χ0v) is 16.5. The summed E-state index contributed by atoms with van der Waals surface area (Å²) in [7, 11) is -3.32. The van der Waals surface area contributed by atoms with Crippen LogP contribution in [-0.4, -0.2) is 37.7 Å². The molecule has 1 aliphatic rings. The van der Waals surface area contributed by atoms with Crippen molar-refractivity contribution in [2.45, 2.75) is 55.1 Å². The maximum Gasteiger partial charge on any atom is 0.183 e. The van der Waals surface area contributed by atoms with Gasteiger partial charge in [-0.2, -0.15) is 0 Å². The van der Waals surface area contributed by atoms with Crippen molar-refractivity contribution < 1.29 is 12.8 Å². The van der Waals surface area contributed by atoms with Crippen LogP contribution in [0.4, 0.5) is 0 Å². The van der Waals surface area contributed by atoms with Crippen molar-refractivity contribution in [3.05, 3.63) is 54.5 Å². The first-order valence-electron chi connectivity index (χ1n) is 9.45. The van der Waals surface area contributed by atoms with Gasteiger partial charge >= 0.3 is 0 Å². The molecule has 2 heterocycles. The number of nitrogens with zero attached hydrogens (tertiary/aromatic N) is 1. The summed E-state index contributed by atoms with van der Waals surface area (Å²) >= 11 is 0. The molecule has 0 spiro atoms. The van der Waals surface area contributed by atoms with Gasteiger partial charge in [0.2, 0.25) is 0 Å². The molecule has 0 amide bonds. The minimum absolute atomic E-state index is 0.417. The molecule has 3 rings (SSSR count). The SMILES string of the molecule is CC(C)(CCCN1CCCC(c2ccco2)C1)S(=O)(=O)c1ccccc1. The Morgan fingerprint density at radius 2 is 1.92 bits per heavy atom. The van der Waals surface area contributed by atoms with Crippen molar-refractivity contribution in [1.82, 2.24) is 4.90 Å². The second-order valence-corrected chi connectivity index (χ2v) is 10.4. The third-order valence-corrected chi connectivity index (χ3v) is 8.04. The summed E-state index contributed by atoms with van der Waals surface area (Å²) in [6, 6.07) is 12.8. The van der Waals surface area contributed by atoms with E-state index in [0.29, 0.717) is 17.2 Å². The van der Waals surface area contributed by atoms with E-state index in [2.05, 4.69) is 11.0 Å². The topological polar surface area (TPSA) is 50.5 Å². The first kappa shape index (κ1) is 19.2. The Labute approximate surface area is 157 Å². The molecule has 5 heteroatoms. The van der Waals surface area contributed by atoms with Crippen molar-refractivity contribution in [1.29, 1.82) is 0 Å². The molecule has 1 saturated heterocycles. The Morgan fingerprint density at radius 1 is 1.15 bits per heavy atom. The number of hydrogen-bond acceptors (Lipinski definition) is 4. The van der Waals surface area contributed by atoms with Crippen molar-refractivity contribution in [2.75, 3.05) is 19.6 Å². The summed E-state index contributed by atoms with van der Waals surface area (Å²) < 4.78 is 30.6. The van der Waals surface area contributed by atoms with Gasteiger partial charge in [0.15, 0.2) is 9.84 Å². The van der Waals surface area contributed by atoms with Crippen LogP contribution < -0.4 is 0 Å². The first-order valence-corrected chi connectivity index (χ1v) is 10.9. The monoisotopic (exact) mass is 375 g/mol. The minimum atomic E-state index is -3.32. The highest BCUT2D eigenvalue weighted by atomic mass is 32.2. The van der Waals surface area contributed by atoms with Gasteiger partial charge in [-0.1, -0.05) is 18.2 Å². The van der Waals surface area contributed by atoms with Crippen molar-refractivity contribution in [3.63, 3.8) is 0 Å². The van der Waals surface area contributed by atoms with E-state index in [-0.39, 0.29) is 0 Å². The highest BCUT2D eigenvalue weighted by Gasteiger charge is 2.35. The fraction of sp³-hybridized carbons (Fsp3) is 0.524. The number of sulfone groups is 1. The molecule has 2 aromatic rings. The second kappa shape index (κ2) is 7.97. The van der Waals surface area contributed by atoms with Gasteiger partial charge < -0.3 is 9.32 Å². The lowest BCUT2D eigenvalue weighted by molar-refractivity contribution is 0.191. The van der Waals surface area contributed by atoms with Crippen LogP contribution in [0.1, 0.15) is 51.2 Å². The average molecular weight is 376 g/mol. The first-order chi connectivity index (χ1) is 12.4. The normalized spacial score (nSPS) is 19.5. The summed E-state index contributed by atoms with van der Waals surface area (Å²) in [5.74, 6) is 1.53. The molecule has 1 fully saturated rings. The van der Waals surface area contributed by atoms with Crippen LogP contribution >= 0.6 is 0 Å². The van der Waals surface area contributed by atoms with Crippen LogP contribution in [0.25, 0.3) is 0 Å². The molecule has 142 valence electrons. The summed E-state index contributed by atoms with van der Waals surface area (Å²) in [5, 5.41) is 0. The fourth-order valence-electron chi connectivity index (χ4n) is 3.80. The molecule has 26 heavy (non-hydrogen) atoms. The predicted molar refractivity (Wildman–Crippen MR) is 104 cm³/mol. The molecule has 1 unspecified atom stereocenters. The quantitative estimate of drug-likeness (QED) is 0.715. The van der Waals surface area contributed by atoms with Crippen LogP contribution in [0.3, 0.4) is 0 Å². The van der Waals surface area contributed by atoms with E-state index in [4.69, 9.17) is 4.42 Å². The zero-order valence-electron chi connectivity index (χ0n) is 15.7. The molecule has 0 radical (unpaired) electrons. The van der Waals surface area contributed by atoms with E-state index in [0.717, 1.165) is 44.7 Å². The summed E-state index contributed by atoms with van der Waals surface area (Å²) in [5.41, 5.74) is 0. The van der Waals surface area contributed by atoms with Gasteiger partial charge in [-0.05, 0) is 76.9 Å². The molecule has 0 N–H and O–H groups in total. The average Bonchev–Trinajstić information content (AvgIpc) is 3.17. The Bertz CT molecular complexity index is 782. The number of hydrogen-bond donors (Lipinski definition) is 0. The van der Waals surface area contributed by atoms with Gasteiger partial charge in [0.05, 0.1) is 15.9 Å². The van der Waals surface area contributed by atoms with Crippen molar-refractivity contribution in [3.8, 4) is 0 Å². The van der Waals surface area contributed by atoms with Crippen LogP contribution in [-0.2, 0) is 9.84 Å². The van der Waals surface area contributed by atoms with Crippen molar-refractivity contribution >= 4 is 9.84 Å². The summed E-state index contributed by atoms with van der Waals surface area (Å²) in [4.78, 5) is 2.86. The molecule has 1 aliphatic heterocycles. The third kappa shape index (κ3) is 4.21. The van der Waals surface area contributed by atoms with Gasteiger partial charge in [0.1, 0.15) is 5.76 Å². The molecular formula is C21H29NO3S. The Morgan fingerprint density at radius 3 is 2.62 bits per heavy atom. The Hall–Kier alpha value is -1.59. The molecule has 0 saturated carbocycles. The number of furan rings is 1. The molecule has 1 aromatic heterocycles. The molecule has 1 atom stereocenters. The lowest BCUT2D eigenvalue weighted by Gasteiger charge is -2.33. The Balaban J connectivity index is 1.55. The predicted octanol–water partition coefficient (Wildman–Crippen LogP) is 4.49. The summed E-state index contributed by atoms with van der Waals surface area (Å²) in [6.07, 6.45) is 5.61. The van der Waals surface area contributed by atoms with E-state index in [1.54, 1.807) is 30.5 Å². The third-order valence-electron chi connectivity index (χ3n) is 5.49. The van der Waals surface area contributed by atoms with E-state index < -0.39 is 14.6 Å². The van der Waals surface area contributed by atoms with Gasteiger partial charge in [-0.25, -0.2) is 8.42 Å². The fourth-order valence-corrected chi connectivity index (χ4v) is 5.36. The standard InChI is InChI=1S/C21H29NO3S/c1-21(2,26(23,24)19-10-4-3-5-11-19)13-8-15-22-14-6-9-18(17-22)20-12-7-16-25-20/h3-5,7,10-12,16,18H,6,8-9,13-15,17H2,1-2H3. The van der Waals surface area contributed by atoms with E-state index >= 15 is 0 Å². The van der Waals surface area contributed by atoms with Crippen LogP contribution in [0, 0.1) is 0 Å². The molecule has 0 bridgehead atoms. The number of benzene rings is 1. The number of piperidine rings is 1. The highest BCUT2D eigenvalue weighted by Crippen LogP contribution is 2.31. The minimum Gasteiger partial charge on any atom is -0.469 e. The van der Waals surface area contributed by atoms with Crippen LogP contribution in [0.15, 0.2) is 58.0 Å². The van der Waals surface area contributed by atoms with Gasteiger partial charge in [0, 0.05) is 12.5 Å². The van der Waals surface area contributed by atoms with Crippen LogP contribution in [0.2, 0.25) is 0 Å². The highest BCUT2D eigenvalue weighted by molar-refractivity contribution is 7.92. The van der Waals surface area contributed by atoms with Crippen molar-refractivity contribution in [2.24, 2.45) is 0 Å². The smallest absolute Gasteiger partial charge is 0.183 e. The number of likely N-dealkylation sites (tertiary alicyclic amines) is 1. The molecule has 4 nitrogen and oxygen atoms in total. The maximum absolute atomic E-state index is 12.9. The largest absolute Gasteiger partial charge is 0.469 e. The van der Waals surface area contributed by atoms with Crippen LogP contribution in [0.5, 0.6) is 0 Å². The molecule has 0 aliphatic carbocycles. The van der Waals surface area contributed by atoms with Gasteiger partial charge in [-0.15, -0.1) is 0 Å². The Kier molecular flexibility index (Phi) is 5.88. The lowest BCUT2D eigenvalue weighted by atomic mass is 9.95. The van der Waals surface area contributed by atoms with Gasteiger partial charge in [-0.3, -0.25) is 0 Å². The van der Waals surface area contributed by atoms with E-state index in [1.807, 2.05) is 26.0 Å². The van der Waals surface area contributed by atoms with E-state index in [9.17, 15) is 8.42 Å². The van der Waals surface area contributed by atoms with E-state index in [1.165, 1.54) is 0 Å². The maximum atomic E-state index is 12.9. The second-order valence-electron chi connectivity index (χ2n) is 7.83. The number of rotatable bonds is 7. The van der Waals surface area contributed by atoms with Gasteiger partial charge in [0.25, 0.3) is 0 Å². The molecular weight excluding hydrogens is 346 g/mol. The molecule has 1 aromatic carbocycles.